The Labute approximate surface area is 115 Å². The van der Waals surface area contributed by atoms with Gasteiger partial charge in [0.15, 0.2) is 10.8 Å². The van der Waals surface area contributed by atoms with Crippen LogP contribution in [0.15, 0.2) is 6.33 Å². The lowest BCUT2D eigenvalue weighted by Gasteiger charge is -2.08. The monoisotopic (exact) mass is 298 g/mol. The maximum atomic E-state index is 11.9. The molecule has 1 aliphatic rings. The number of nitrogens with zero attached hydrogens (tertiary/aromatic N) is 3. The molecule has 98 valence electrons. The Morgan fingerprint density at radius 1 is 1.53 bits per heavy atom. The molecule has 1 saturated heterocycles. The highest BCUT2D eigenvalue weighted by Crippen LogP contribution is 2.19. The van der Waals surface area contributed by atoms with Gasteiger partial charge >= 0.3 is 0 Å². The third-order valence-electron chi connectivity index (χ3n) is 2.47. The van der Waals surface area contributed by atoms with Gasteiger partial charge in [0, 0.05) is 5.75 Å². The molecule has 1 unspecified atom stereocenters. The Balaban J connectivity index is 1.81. The van der Waals surface area contributed by atoms with Crippen molar-refractivity contribution in [2.45, 2.75) is 6.04 Å². The largest absolute Gasteiger partial charge is 0.341 e. The first-order valence-electron chi connectivity index (χ1n) is 5.24. The van der Waals surface area contributed by atoms with Gasteiger partial charge < -0.3 is 10.3 Å². The number of fused-ring (bicyclic) bond motifs is 1. The minimum absolute atomic E-state index is 0.0562. The van der Waals surface area contributed by atoms with E-state index in [0.29, 0.717) is 16.9 Å². The van der Waals surface area contributed by atoms with Gasteiger partial charge in [0.2, 0.25) is 11.9 Å². The van der Waals surface area contributed by atoms with Crippen LogP contribution < -0.4 is 10.6 Å². The molecule has 2 amide bonds. The standard InChI is InChI=1S/C9H7ClN6O2S/c10-5-4-6(12-2-11-4)15-8(14-5)16-7(17)3-1-19-9(18)13-3/h2-3H,1H2,(H,13,18)(H2,11,12,14,15,16,17). The molecule has 3 heterocycles. The fourth-order valence-electron chi connectivity index (χ4n) is 1.58. The zero-order valence-corrected chi connectivity index (χ0v) is 10.9. The van der Waals surface area contributed by atoms with Crippen molar-refractivity contribution in [3.63, 3.8) is 0 Å². The average Bonchev–Trinajstić information content (AvgIpc) is 2.97. The molecule has 1 atom stereocenters. The number of amides is 2. The minimum Gasteiger partial charge on any atom is -0.341 e. The van der Waals surface area contributed by atoms with E-state index in [9.17, 15) is 9.59 Å². The van der Waals surface area contributed by atoms with E-state index in [1.165, 1.54) is 6.33 Å². The molecular formula is C9H7ClN6O2S. The fourth-order valence-corrected chi connectivity index (χ4v) is 2.57. The summed E-state index contributed by atoms with van der Waals surface area (Å²) in [7, 11) is 0. The minimum atomic E-state index is -0.588. The lowest BCUT2D eigenvalue weighted by Crippen LogP contribution is -2.39. The SMILES string of the molecule is O=C1NC(C(=O)Nc2nc(Cl)c3[nH]cnc3n2)CS1. The molecule has 0 spiro atoms. The van der Waals surface area contributed by atoms with Gasteiger partial charge in [-0.1, -0.05) is 23.4 Å². The van der Waals surface area contributed by atoms with Gasteiger partial charge in [-0.05, 0) is 0 Å². The first kappa shape index (κ1) is 12.2. The molecule has 3 N–H and O–H groups in total. The Morgan fingerprint density at radius 3 is 3.11 bits per heavy atom. The molecule has 0 radical (unpaired) electrons. The van der Waals surface area contributed by atoms with Gasteiger partial charge in [-0.25, -0.2) is 4.98 Å². The number of hydrogen-bond acceptors (Lipinski definition) is 6. The van der Waals surface area contributed by atoms with Crippen LogP contribution in [0.1, 0.15) is 0 Å². The van der Waals surface area contributed by atoms with Gasteiger partial charge in [0.1, 0.15) is 11.6 Å². The Kier molecular flexibility index (Phi) is 2.99. The summed E-state index contributed by atoms with van der Waals surface area (Å²) in [5.41, 5.74) is 0.865. The molecule has 0 aromatic carbocycles. The van der Waals surface area contributed by atoms with Gasteiger partial charge in [-0.2, -0.15) is 9.97 Å². The van der Waals surface area contributed by atoms with Gasteiger partial charge in [-0.15, -0.1) is 0 Å². The topological polar surface area (TPSA) is 113 Å². The van der Waals surface area contributed by atoms with Crippen LogP contribution in [0.3, 0.4) is 0 Å². The van der Waals surface area contributed by atoms with Crippen LogP contribution >= 0.6 is 23.4 Å². The summed E-state index contributed by atoms with van der Waals surface area (Å²) < 4.78 is 0. The van der Waals surface area contributed by atoms with E-state index in [2.05, 4.69) is 30.6 Å². The summed E-state index contributed by atoms with van der Waals surface area (Å²) in [4.78, 5) is 37.6. The highest BCUT2D eigenvalue weighted by atomic mass is 35.5. The van der Waals surface area contributed by atoms with Crippen LogP contribution in [0.5, 0.6) is 0 Å². The molecule has 2 aromatic rings. The van der Waals surface area contributed by atoms with E-state index >= 15 is 0 Å². The Bertz CT molecular complexity index is 674. The second-order valence-corrected chi connectivity index (χ2v) is 5.07. The normalized spacial score (nSPS) is 18.6. The first-order valence-corrected chi connectivity index (χ1v) is 6.60. The number of carbonyl (C=O) groups excluding carboxylic acids is 2. The highest BCUT2D eigenvalue weighted by Gasteiger charge is 2.28. The number of aromatic nitrogens is 4. The molecular weight excluding hydrogens is 292 g/mol. The van der Waals surface area contributed by atoms with Crippen molar-refractivity contribution in [3.05, 3.63) is 11.5 Å². The van der Waals surface area contributed by atoms with Crippen LogP contribution in [-0.4, -0.2) is 42.9 Å². The van der Waals surface area contributed by atoms with E-state index in [1.54, 1.807) is 0 Å². The summed E-state index contributed by atoms with van der Waals surface area (Å²) in [5.74, 6) is 0.0494. The predicted molar refractivity (Wildman–Crippen MR) is 70.1 cm³/mol. The predicted octanol–water partition coefficient (Wildman–Crippen LogP) is 0.770. The molecule has 0 aliphatic carbocycles. The molecule has 8 nitrogen and oxygen atoms in total. The first-order chi connectivity index (χ1) is 9.13. The molecule has 10 heteroatoms. The van der Waals surface area contributed by atoms with Gasteiger partial charge in [0.25, 0.3) is 5.24 Å². The molecule has 2 aromatic heterocycles. The summed E-state index contributed by atoms with van der Waals surface area (Å²) >= 11 is 6.98. The number of H-pyrrole nitrogens is 1. The van der Waals surface area contributed by atoms with Crippen molar-refractivity contribution in [1.29, 1.82) is 0 Å². The third kappa shape index (κ3) is 2.34. The highest BCUT2D eigenvalue weighted by molar-refractivity contribution is 8.14. The van der Waals surface area contributed by atoms with Crippen molar-refractivity contribution < 1.29 is 9.59 Å². The van der Waals surface area contributed by atoms with Crippen LogP contribution in [-0.2, 0) is 4.79 Å². The lowest BCUT2D eigenvalue weighted by molar-refractivity contribution is -0.117. The number of thioether (sulfide) groups is 1. The summed E-state index contributed by atoms with van der Waals surface area (Å²) in [6.07, 6.45) is 1.44. The van der Waals surface area contributed by atoms with E-state index in [-0.39, 0.29) is 22.2 Å². The van der Waals surface area contributed by atoms with E-state index in [1.807, 2.05) is 0 Å². The second-order valence-electron chi connectivity index (χ2n) is 3.72. The fraction of sp³-hybridized carbons (Fsp3) is 0.222. The molecule has 1 aliphatic heterocycles. The average molecular weight is 299 g/mol. The van der Waals surface area contributed by atoms with Gasteiger partial charge in [0.05, 0.1) is 6.33 Å². The van der Waals surface area contributed by atoms with Crippen molar-refractivity contribution >= 4 is 51.6 Å². The number of anilines is 1. The number of nitrogens with one attached hydrogen (secondary N) is 3. The van der Waals surface area contributed by atoms with Gasteiger partial charge in [-0.3, -0.25) is 14.9 Å². The lowest BCUT2D eigenvalue weighted by atomic mass is 10.3. The quantitative estimate of drug-likeness (QED) is 0.706. The van der Waals surface area contributed by atoms with Crippen molar-refractivity contribution in [2.75, 3.05) is 11.1 Å². The molecule has 3 rings (SSSR count). The maximum absolute atomic E-state index is 11.9. The number of carbonyl (C=O) groups is 2. The van der Waals surface area contributed by atoms with Crippen LogP contribution in [0.25, 0.3) is 11.2 Å². The number of imidazole rings is 1. The number of rotatable bonds is 2. The molecule has 0 bridgehead atoms. The Hall–Kier alpha value is -1.87. The van der Waals surface area contributed by atoms with E-state index < -0.39 is 6.04 Å². The van der Waals surface area contributed by atoms with Crippen LogP contribution in [0.2, 0.25) is 5.15 Å². The summed E-state index contributed by atoms with van der Waals surface area (Å²) in [6, 6.07) is -0.588. The number of hydrogen-bond donors (Lipinski definition) is 3. The zero-order valence-electron chi connectivity index (χ0n) is 9.31. The maximum Gasteiger partial charge on any atom is 0.279 e. The van der Waals surface area contributed by atoms with Crippen molar-refractivity contribution in [1.82, 2.24) is 25.3 Å². The summed E-state index contributed by atoms with van der Waals surface area (Å²) in [5, 5.41) is 4.97. The van der Waals surface area contributed by atoms with Crippen LogP contribution in [0, 0.1) is 0 Å². The number of aromatic amines is 1. The molecule has 1 fully saturated rings. The number of halogens is 1. The third-order valence-corrected chi connectivity index (χ3v) is 3.62. The molecule has 19 heavy (non-hydrogen) atoms. The second kappa shape index (κ2) is 4.67. The van der Waals surface area contributed by atoms with E-state index in [0.717, 1.165) is 11.8 Å². The molecule has 0 saturated carbocycles. The summed E-state index contributed by atoms with van der Waals surface area (Å²) in [6.45, 7) is 0. The Morgan fingerprint density at radius 2 is 2.37 bits per heavy atom. The van der Waals surface area contributed by atoms with Crippen molar-refractivity contribution in [2.24, 2.45) is 0 Å². The zero-order chi connectivity index (χ0) is 13.4. The smallest absolute Gasteiger partial charge is 0.279 e. The van der Waals surface area contributed by atoms with Crippen LogP contribution in [0.4, 0.5) is 10.7 Å². The van der Waals surface area contributed by atoms with E-state index in [4.69, 9.17) is 11.6 Å². The van der Waals surface area contributed by atoms with Crippen molar-refractivity contribution in [3.8, 4) is 0 Å².